The summed E-state index contributed by atoms with van der Waals surface area (Å²) >= 11 is 18.4. The average Bonchev–Trinajstić information content (AvgIpc) is 2.44. The Morgan fingerprint density at radius 2 is 1.62 bits per heavy atom. The molecule has 0 fully saturated rings. The number of halogens is 3. The van der Waals surface area contributed by atoms with Gasteiger partial charge in [-0.1, -0.05) is 53.0 Å². The zero-order chi connectivity index (χ0) is 15.6. The Bertz CT molecular complexity index is 620. The van der Waals surface area contributed by atoms with Crippen molar-refractivity contribution in [2.24, 2.45) is 0 Å². The van der Waals surface area contributed by atoms with Gasteiger partial charge in [0.2, 0.25) is 0 Å². The van der Waals surface area contributed by atoms with Crippen LogP contribution in [0.2, 0.25) is 15.1 Å². The van der Waals surface area contributed by atoms with Crippen molar-refractivity contribution in [1.82, 2.24) is 4.90 Å². The largest absolute Gasteiger partial charge is 0.396 e. The average molecular weight is 344 g/mol. The van der Waals surface area contributed by atoms with E-state index in [1.807, 2.05) is 43.4 Å². The Kier molecular flexibility index (Phi) is 5.39. The van der Waals surface area contributed by atoms with Crippen LogP contribution in [0.25, 0.3) is 0 Å². The van der Waals surface area contributed by atoms with Gasteiger partial charge in [0.25, 0.3) is 0 Å². The van der Waals surface area contributed by atoms with E-state index in [1.165, 1.54) is 0 Å². The first-order valence-corrected chi connectivity index (χ1v) is 7.71. The molecular weight excluding hydrogens is 327 g/mol. The standard InChI is InChI=1S/C16H17Cl3N2/c1-10(12-5-3-4-6-13(12)17)21(2)9-11-7-14(18)16(20)15(19)8-11/h3-8,10H,9,20H2,1-2H3. The van der Waals surface area contributed by atoms with Crippen LogP contribution in [0.1, 0.15) is 24.1 Å². The van der Waals surface area contributed by atoms with Crippen LogP contribution in [-0.2, 0) is 6.54 Å². The summed E-state index contributed by atoms with van der Waals surface area (Å²) in [5.74, 6) is 0. The molecule has 0 bridgehead atoms. The quantitative estimate of drug-likeness (QED) is 0.751. The first kappa shape index (κ1) is 16.4. The molecule has 2 nitrogen and oxygen atoms in total. The van der Waals surface area contributed by atoms with Gasteiger partial charge in [0.05, 0.1) is 15.7 Å². The maximum atomic E-state index is 6.25. The summed E-state index contributed by atoms with van der Waals surface area (Å²) in [5, 5.41) is 1.73. The third kappa shape index (κ3) is 3.83. The molecule has 1 unspecified atom stereocenters. The van der Waals surface area contributed by atoms with E-state index in [9.17, 15) is 0 Å². The third-order valence-corrected chi connectivity index (χ3v) is 4.56. The molecule has 2 rings (SSSR count). The minimum absolute atomic E-state index is 0.175. The van der Waals surface area contributed by atoms with Crippen LogP contribution in [0.4, 0.5) is 5.69 Å². The SMILES string of the molecule is CC(c1ccccc1Cl)N(C)Cc1cc(Cl)c(N)c(Cl)c1. The summed E-state index contributed by atoms with van der Waals surface area (Å²) in [5.41, 5.74) is 8.28. The Morgan fingerprint density at radius 3 is 2.19 bits per heavy atom. The van der Waals surface area contributed by atoms with Gasteiger partial charge in [-0.05, 0) is 43.3 Å². The fourth-order valence-electron chi connectivity index (χ4n) is 2.20. The summed E-state index contributed by atoms with van der Waals surface area (Å²) in [6.45, 7) is 2.81. The van der Waals surface area contributed by atoms with E-state index in [1.54, 1.807) is 0 Å². The molecule has 0 aromatic heterocycles. The Hall–Kier alpha value is -0.930. The van der Waals surface area contributed by atoms with Crippen LogP contribution in [0, 0.1) is 0 Å². The second kappa shape index (κ2) is 6.89. The monoisotopic (exact) mass is 342 g/mol. The summed E-state index contributed by atoms with van der Waals surface area (Å²) < 4.78 is 0. The number of hydrogen-bond donors (Lipinski definition) is 1. The second-order valence-corrected chi connectivity index (χ2v) is 6.31. The lowest BCUT2D eigenvalue weighted by Gasteiger charge is -2.26. The normalized spacial score (nSPS) is 12.7. The number of anilines is 1. The summed E-state index contributed by atoms with van der Waals surface area (Å²) in [6.07, 6.45) is 0. The van der Waals surface area contributed by atoms with Gasteiger partial charge < -0.3 is 5.73 Å². The number of benzene rings is 2. The molecule has 0 aliphatic carbocycles. The van der Waals surface area contributed by atoms with Crippen molar-refractivity contribution in [3.05, 3.63) is 62.6 Å². The van der Waals surface area contributed by atoms with Gasteiger partial charge >= 0.3 is 0 Å². The molecule has 0 aliphatic heterocycles. The van der Waals surface area contributed by atoms with E-state index < -0.39 is 0 Å². The molecular formula is C16H17Cl3N2. The fourth-order valence-corrected chi connectivity index (χ4v) is 3.03. The van der Waals surface area contributed by atoms with Gasteiger partial charge in [0.15, 0.2) is 0 Å². The third-order valence-electron chi connectivity index (χ3n) is 3.59. The van der Waals surface area contributed by atoms with Crippen molar-refractivity contribution in [3.8, 4) is 0 Å². The summed E-state index contributed by atoms with van der Waals surface area (Å²) in [7, 11) is 2.03. The highest BCUT2D eigenvalue weighted by molar-refractivity contribution is 6.38. The smallest absolute Gasteiger partial charge is 0.0693 e. The molecule has 2 aromatic carbocycles. The Labute approximate surface area is 140 Å². The number of rotatable bonds is 4. The number of nitrogens with zero attached hydrogens (tertiary/aromatic N) is 1. The van der Waals surface area contributed by atoms with Crippen LogP contribution < -0.4 is 5.73 Å². The molecule has 0 saturated heterocycles. The predicted molar refractivity (Wildman–Crippen MR) is 92.2 cm³/mol. The maximum absolute atomic E-state index is 6.25. The Morgan fingerprint density at radius 1 is 1.05 bits per heavy atom. The zero-order valence-electron chi connectivity index (χ0n) is 11.9. The van der Waals surface area contributed by atoms with Crippen LogP contribution in [0.3, 0.4) is 0 Å². The number of nitrogens with two attached hydrogens (primary N) is 1. The van der Waals surface area contributed by atoms with Gasteiger partial charge in [0, 0.05) is 17.6 Å². The molecule has 0 radical (unpaired) electrons. The molecule has 1 atom stereocenters. The number of hydrogen-bond acceptors (Lipinski definition) is 2. The van der Waals surface area contributed by atoms with Crippen molar-refractivity contribution >= 4 is 40.5 Å². The van der Waals surface area contributed by atoms with Gasteiger partial charge in [0.1, 0.15) is 0 Å². The molecule has 0 spiro atoms. The predicted octanol–water partition coefficient (Wildman–Crippen LogP) is 5.42. The first-order valence-electron chi connectivity index (χ1n) is 6.58. The minimum Gasteiger partial charge on any atom is -0.396 e. The van der Waals surface area contributed by atoms with Crippen LogP contribution >= 0.6 is 34.8 Å². The van der Waals surface area contributed by atoms with Crippen molar-refractivity contribution < 1.29 is 0 Å². The maximum Gasteiger partial charge on any atom is 0.0693 e. The lowest BCUT2D eigenvalue weighted by Crippen LogP contribution is -2.22. The molecule has 0 aliphatic rings. The van der Waals surface area contributed by atoms with E-state index in [0.29, 0.717) is 22.3 Å². The first-order chi connectivity index (χ1) is 9.90. The van der Waals surface area contributed by atoms with Crippen LogP contribution in [-0.4, -0.2) is 11.9 Å². The van der Waals surface area contributed by atoms with Crippen molar-refractivity contribution in [3.63, 3.8) is 0 Å². The van der Waals surface area contributed by atoms with E-state index in [-0.39, 0.29) is 6.04 Å². The molecule has 0 saturated carbocycles. The number of nitrogen functional groups attached to an aromatic ring is 1. The van der Waals surface area contributed by atoms with Gasteiger partial charge in [-0.25, -0.2) is 0 Å². The molecule has 0 heterocycles. The fraction of sp³-hybridized carbons (Fsp3) is 0.250. The molecule has 2 N–H and O–H groups in total. The minimum atomic E-state index is 0.175. The molecule has 112 valence electrons. The van der Waals surface area contributed by atoms with Crippen molar-refractivity contribution in [2.45, 2.75) is 19.5 Å². The lowest BCUT2D eigenvalue weighted by atomic mass is 10.1. The van der Waals surface area contributed by atoms with E-state index in [0.717, 1.165) is 16.1 Å². The highest BCUT2D eigenvalue weighted by atomic mass is 35.5. The van der Waals surface area contributed by atoms with Gasteiger partial charge in [-0.15, -0.1) is 0 Å². The van der Waals surface area contributed by atoms with Crippen LogP contribution in [0.5, 0.6) is 0 Å². The second-order valence-electron chi connectivity index (χ2n) is 5.09. The molecule has 0 amide bonds. The van der Waals surface area contributed by atoms with Gasteiger partial charge in [-0.3, -0.25) is 4.90 Å². The van der Waals surface area contributed by atoms with Crippen LogP contribution in [0.15, 0.2) is 36.4 Å². The lowest BCUT2D eigenvalue weighted by molar-refractivity contribution is 0.253. The highest BCUT2D eigenvalue weighted by Crippen LogP contribution is 2.31. The highest BCUT2D eigenvalue weighted by Gasteiger charge is 2.15. The summed E-state index contributed by atoms with van der Waals surface area (Å²) in [4.78, 5) is 2.18. The van der Waals surface area contributed by atoms with E-state index in [4.69, 9.17) is 40.5 Å². The molecule has 21 heavy (non-hydrogen) atoms. The summed E-state index contributed by atoms with van der Waals surface area (Å²) in [6, 6.07) is 11.7. The molecule has 2 aromatic rings. The van der Waals surface area contributed by atoms with E-state index in [2.05, 4.69) is 11.8 Å². The van der Waals surface area contributed by atoms with Crippen molar-refractivity contribution in [1.29, 1.82) is 0 Å². The molecule has 5 heteroatoms. The topological polar surface area (TPSA) is 29.3 Å². The Balaban J connectivity index is 2.18. The zero-order valence-corrected chi connectivity index (χ0v) is 14.2. The van der Waals surface area contributed by atoms with Gasteiger partial charge in [-0.2, -0.15) is 0 Å². The van der Waals surface area contributed by atoms with E-state index >= 15 is 0 Å². The van der Waals surface area contributed by atoms with Crippen molar-refractivity contribution in [2.75, 3.05) is 12.8 Å².